The molecule has 0 heterocycles. The maximum absolute atomic E-state index is 12.8. The molecule has 6 nitrogen and oxygen atoms in total. The number of nitrogens with one attached hydrogen (secondary N) is 2. The van der Waals surface area contributed by atoms with Crippen molar-refractivity contribution in [2.24, 2.45) is 0 Å². The van der Waals surface area contributed by atoms with Gasteiger partial charge in [-0.1, -0.05) is 30.3 Å². The molecular formula is C19H19FN2O4. The Morgan fingerprint density at radius 1 is 1.04 bits per heavy atom. The third-order valence-corrected chi connectivity index (χ3v) is 3.44. The average molecular weight is 358 g/mol. The number of benzene rings is 2. The van der Waals surface area contributed by atoms with Gasteiger partial charge < -0.3 is 15.4 Å². The Bertz CT molecular complexity index is 763. The first-order valence-electron chi connectivity index (χ1n) is 7.97. The van der Waals surface area contributed by atoms with Gasteiger partial charge in [-0.15, -0.1) is 0 Å². The second-order valence-corrected chi connectivity index (χ2v) is 5.58. The number of rotatable bonds is 7. The summed E-state index contributed by atoms with van der Waals surface area (Å²) in [4.78, 5) is 35.1. The first kappa shape index (κ1) is 19.1. The van der Waals surface area contributed by atoms with Crippen LogP contribution in [-0.4, -0.2) is 24.4 Å². The molecule has 0 bridgehead atoms. The molecule has 2 rings (SSSR count). The molecule has 0 saturated heterocycles. The Labute approximate surface area is 150 Å². The Kier molecular flexibility index (Phi) is 6.84. The predicted octanol–water partition coefficient (Wildman–Crippen LogP) is 2.57. The fourth-order valence-corrected chi connectivity index (χ4v) is 2.28. The van der Waals surface area contributed by atoms with Crippen LogP contribution in [0, 0.1) is 5.82 Å². The van der Waals surface area contributed by atoms with E-state index >= 15 is 0 Å². The van der Waals surface area contributed by atoms with Gasteiger partial charge in [-0.25, -0.2) is 4.39 Å². The number of halogens is 1. The van der Waals surface area contributed by atoms with Crippen molar-refractivity contribution in [1.82, 2.24) is 5.32 Å². The minimum Gasteiger partial charge on any atom is -0.455 e. The Balaban J connectivity index is 1.86. The van der Waals surface area contributed by atoms with E-state index < -0.39 is 30.3 Å². The van der Waals surface area contributed by atoms with E-state index in [2.05, 4.69) is 10.6 Å². The van der Waals surface area contributed by atoms with Crippen LogP contribution >= 0.6 is 0 Å². The average Bonchev–Trinajstić information content (AvgIpc) is 2.62. The molecule has 0 aliphatic carbocycles. The van der Waals surface area contributed by atoms with Gasteiger partial charge in [-0.05, 0) is 29.8 Å². The molecule has 2 N–H and O–H groups in total. The molecule has 2 amide bonds. The molecule has 136 valence electrons. The maximum atomic E-state index is 12.8. The van der Waals surface area contributed by atoms with E-state index in [1.54, 1.807) is 24.3 Å². The second kappa shape index (κ2) is 9.31. The molecule has 0 spiro atoms. The molecule has 0 radical (unpaired) electrons. The molecule has 1 atom stereocenters. The lowest BCUT2D eigenvalue weighted by atomic mass is 10.0. The van der Waals surface area contributed by atoms with Gasteiger partial charge in [0, 0.05) is 12.6 Å². The van der Waals surface area contributed by atoms with E-state index in [0.29, 0.717) is 5.69 Å². The van der Waals surface area contributed by atoms with Gasteiger partial charge in [0.25, 0.3) is 5.91 Å². The van der Waals surface area contributed by atoms with Crippen LogP contribution in [0.4, 0.5) is 10.1 Å². The molecule has 0 aliphatic rings. The summed E-state index contributed by atoms with van der Waals surface area (Å²) in [5.41, 5.74) is 1.16. The SMILES string of the molecule is CC(=O)N[C@@H](CC(=O)OCC(=O)Nc1ccc(F)cc1)c1ccccc1. The second-order valence-electron chi connectivity index (χ2n) is 5.58. The fourth-order valence-electron chi connectivity index (χ4n) is 2.28. The van der Waals surface area contributed by atoms with Crippen LogP contribution < -0.4 is 10.6 Å². The van der Waals surface area contributed by atoms with Crippen molar-refractivity contribution in [1.29, 1.82) is 0 Å². The third kappa shape index (κ3) is 6.35. The summed E-state index contributed by atoms with van der Waals surface area (Å²) in [5.74, 6) is -1.86. The summed E-state index contributed by atoms with van der Waals surface area (Å²) >= 11 is 0. The molecule has 0 saturated carbocycles. The van der Waals surface area contributed by atoms with Gasteiger partial charge in [-0.3, -0.25) is 14.4 Å². The van der Waals surface area contributed by atoms with Crippen LogP contribution in [0.15, 0.2) is 54.6 Å². The molecule has 2 aromatic carbocycles. The number of anilines is 1. The Morgan fingerprint density at radius 3 is 2.31 bits per heavy atom. The van der Waals surface area contributed by atoms with Gasteiger partial charge in [0.15, 0.2) is 6.61 Å². The van der Waals surface area contributed by atoms with Crippen molar-refractivity contribution in [2.75, 3.05) is 11.9 Å². The molecule has 0 unspecified atom stereocenters. The van der Waals surface area contributed by atoms with Crippen LogP contribution in [0.5, 0.6) is 0 Å². The molecule has 0 aliphatic heterocycles. The third-order valence-electron chi connectivity index (χ3n) is 3.44. The highest BCUT2D eigenvalue weighted by Gasteiger charge is 2.18. The van der Waals surface area contributed by atoms with Gasteiger partial charge in [0.1, 0.15) is 5.82 Å². The Morgan fingerprint density at radius 2 is 1.69 bits per heavy atom. The van der Waals surface area contributed by atoms with Gasteiger partial charge in [0.05, 0.1) is 12.5 Å². The van der Waals surface area contributed by atoms with Crippen LogP contribution in [0.2, 0.25) is 0 Å². The van der Waals surface area contributed by atoms with Crippen LogP contribution in [0.3, 0.4) is 0 Å². The summed E-state index contributed by atoms with van der Waals surface area (Å²) in [6.45, 7) is 0.884. The highest BCUT2D eigenvalue weighted by atomic mass is 19.1. The van der Waals surface area contributed by atoms with Gasteiger partial charge in [0.2, 0.25) is 5.91 Å². The number of esters is 1. The van der Waals surface area contributed by atoms with Gasteiger partial charge >= 0.3 is 5.97 Å². The Hall–Kier alpha value is -3.22. The minimum absolute atomic E-state index is 0.104. The quantitative estimate of drug-likeness (QED) is 0.745. The summed E-state index contributed by atoms with van der Waals surface area (Å²) in [5, 5.41) is 5.17. The zero-order chi connectivity index (χ0) is 18.9. The molecular weight excluding hydrogens is 339 g/mol. The largest absolute Gasteiger partial charge is 0.455 e. The van der Waals surface area contributed by atoms with Crippen molar-refractivity contribution in [3.8, 4) is 0 Å². The molecule has 7 heteroatoms. The summed E-state index contributed by atoms with van der Waals surface area (Å²) in [6.07, 6.45) is -0.104. The lowest BCUT2D eigenvalue weighted by Gasteiger charge is -2.17. The van der Waals surface area contributed by atoms with E-state index in [4.69, 9.17) is 4.74 Å². The first-order chi connectivity index (χ1) is 12.4. The van der Waals surface area contributed by atoms with E-state index in [1.165, 1.54) is 31.2 Å². The zero-order valence-electron chi connectivity index (χ0n) is 14.2. The lowest BCUT2D eigenvalue weighted by Crippen LogP contribution is -2.29. The van der Waals surface area contributed by atoms with Crippen LogP contribution in [-0.2, 0) is 19.1 Å². The molecule has 26 heavy (non-hydrogen) atoms. The minimum atomic E-state index is -0.623. The highest BCUT2D eigenvalue weighted by molar-refractivity contribution is 5.92. The van der Waals surface area contributed by atoms with E-state index in [1.807, 2.05) is 6.07 Å². The number of carbonyl (C=O) groups excluding carboxylic acids is 3. The van der Waals surface area contributed by atoms with Crippen LogP contribution in [0.1, 0.15) is 24.9 Å². The molecule has 0 aromatic heterocycles. The normalized spacial score (nSPS) is 11.3. The van der Waals surface area contributed by atoms with Crippen molar-refractivity contribution in [3.63, 3.8) is 0 Å². The molecule has 2 aromatic rings. The standard InChI is InChI=1S/C19H19FN2O4/c1-13(23)21-17(14-5-3-2-4-6-14)11-19(25)26-12-18(24)22-16-9-7-15(20)8-10-16/h2-10,17H,11-12H2,1H3,(H,21,23)(H,22,24)/t17-/m0/s1. The van der Waals surface area contributed by atoms with Crippen molar-refractivity contribution >= 4 is 23.5 Å². The summed E-state index contributed by atoms with van der Waals surface area (Å²) in [7, 11) is 0. The zero-order valence-corrected chi connectivity index (χ0v) is 14.2. The van der Waals surface area contributed by atoms with Crippen molar-refractivity contribution in [3.05, 3.63) is 66.0 Å². The van der Waals surface area contributed by atoms with Crippen molar-refractivity contribution in [2.45, 2.75) is 19.4 Å². The summed E-state index contributed by atoms with van der Waals surface area (Å²) in [6, 6.07) is 13.7. The number of amides is 2. The number of hydrogen-bond donors (Lipinski definition) is 2. The van der Waals surface area contributed by atoms with Gasteiger partial charge in [-0.2, -0.15) is 0 Å². The van der Waals surface area contributed by atoms with E-state index in [0.717, 1.165) is 5.56 Å². The number of ether oxygens (including phenoxy) is 1. The predicted molar refractivity (Wildman–Crippen MR) is 93.6 cm³/mol. The first-order valence-corrected chi connectivity index (χ1v) is 7.97. The highest BCUT2D eigenvalue weighted by Crippen LogP contribution is 2.17. The number of carbonyl (C=O) groups is 3. The molecule has 0 fully saturated rings. The lowest BCUT2D eigenvalue weighted by molar-refractivity contribution is -0.148. The van der Waals surface area contributed by atoms with E-state index in [9.17, 15) is 18.8 Å². The van der Waals surface area contributed by atoms with E-state index in [-0.39, 0.29) is 12.3 Å². The fraction of sp³-hybridized carbons (Fsp3) is 0.211. The topological polar surface area (TPSA) is 84.5 Å². The number of hydrogen-bond acceptors (Lipinski definition) is 4. The van der Waals surface area contributed by atoms with Crippen LogP contribution in [0.25, 0.3) is 0 Å². The smallest absolute Gasteiger partial charge is 0.308 e. The summed E-state index contributed by atoms with van der Waals surface area (Å²) < 4.78 is 17.8. The maximum Gasteiger partial charge on any atom is 0.308 e. The van der Waals surface area contributed by atoms with Crippen molar-refractivity contribution < 1.29 is 23.5 Å². The monoisotopic (exact) mass is 358 g/mol.